The van der Waals surface area contributed by atoms with E-state index in [1.165, 1.54) is 11.6 Å². The molecule has 3 rings (SSSR count). The average molecular weight is 309 g/mol. The van der Waals surface area contributed by atoms with Crippen LogP contribution in [0.5, 0.6) is 0 Å². The van der Waals surface area contributed by atoms with Crippen molar-refractivity contribution in [1.82, 2.24) is 14.6 Å². The maximum absolute atomic E-state index is 11.5. The Morgan fingerprint density at radius 2 is 2.29 bits per heavy atom. The number of nitrogens with zero attached hydrogens (tertiary/aromatic N) is 3. The number of sulfone groups is 1. The van der Waals surface area contributed by atoms with Crippen molar-refractivity contribution in [2.75, 3.05) is 18.6 Å². The first-order valence-electron chi connectivity index (χ1n) is 6.61. The van der Waals surface area contributed by atoms with Gasteiger partial charge in [0.05, 0.1) is 24.2 Å². The maximum Gasteiger partial charge on any atom is 0.339 e. The van der Waals surface area contributed by atoms with E-state index in [-0.39, 0.29) is 17.4 Å². The maximum atomic E-state index is 11.5. The van der Waals surface area contributed by atoms with Crippen molar-refractivity contribution in [3.05, 3.63) is 29.7 Å². The summed E-state index contributed by atoms with van der Waals surface area (Å²) in [6, 6.07) is 3.31. The normalized spacial score (nSPS) is 20.7. The number of rotatable bonds is 3. The number of ether oxygens (including phenoxy) is 1. The Hall–Kier alpha value is -1.96. The summed E-state index contributed by atoms with van der Waals surface area (Å²) < 4.78 is 29.1. The van der Waals surface area contributed by atoms with Crippen molar-refractivity contribution in [3.63, 3.8) is 0 Å². The predicted molar refractivity (Wildman–Crippen MR) is 74.8 cm³/mol. The molecule has 112 valence electrons. The van der Waals surface area contributed by atoms with Crippen LogP contribution in [0.3, 0.4) is 0 Å². The van der Waals surface area contributed by atoms with Gasteiger partial charge in [0.15, 0.2) is 21.3 Å². The molecular weight excluding hydrogens is 294 g/mol. The Morgan fingerprint density at radius 1 is 1.48 bits per heavy atom. The molecule has 1 aliphatic rings. The second kappa shape index (κ2) is 5.10. The van der Waals surface area contributed by atoms with Gasteiger partial charge in [-0.1, -0.05) is 0 Å². The number of pyridine rings is 1. The molecule has 0 radical (unpaired) electrons. The van der Waals surface area contributed by atoms with Gasteiger partial charge in [0.2, 0.25) is 0 Å². The highest BCUT2D eigenvalue weighted by atomic mass is 32.2. The van der Waals surface area contributed by atoms with Gasteiger partial charge in [0.25, 0.3) is 0 Å². The van der Waals surface area contributed by atoms with Gasteiger partial charge < -0.3 is 4.74 Å². The van der Waals surface area contributed by atoms with Gasteiger partial charge in [0.1, 0.15) is 0 Å². The first-order valence-corrected chi connectivity index (χ1v) is 8.43. The third-order valence-corrected chi connectivity index (χ3v) is 5.43. The SMILES string of the molecule is COC(=O)c1ccc2nc(CC3CCS(=O)(=O)C3)nn2c1. The Bertz CT molecular complexity index is 797. The molecule has 7 nitrogen and oxygen atoms in total. The lowest BCUT2D eigenvalue weighted by molar-refractivity contribution is 0.0600. The van der Waals surface area contributed by atoms with Crippen LogP contribution in [-0.4, -0.2) is 47.6 Å². The van der Waals surface area contributed by atoms with E-state index in [0.29, 0.717) is 29.9 Å². The van der Waals surface area contributed by atoms with Crippen molar-refractivity contribution in [2.45, 2.75) is 12.8 Å². The fourth-order valence-electron chi connectivity index (χ4n) is 2.55. The summed E-state index contributed by atoms with van der Waals surface area (Å²) in [5, 5.41) is 4.30. The highest BCUT2D eigenvalue weighted by Crippen LogP contribution is 2.21. The topological polar surface area (TPSA) is 90.6 Å². The largest absolute Gasteiger partial charge is 0.465 e. The van der Waals surface area contributed by atoms with Crippen molar-refractivity contribution >= 4 is 21.5 Å². The quantitative estimate of drug-likeness (QED) is 0.767. The first kappa shape index (κ1) is 14.0. The Balaban J connectivity index is 1.83. The molecule has 0 saturated carbocycles. The number of fused-ring (bicyclic) bond motifs is 1. The molecule has 0 spiro atoms. The highest BCUT2D eigenvalue weighted by molar-refractivity contribution is 7.91. The molecule has 1 fully saturated rings. The van der Waals surface area contributed by atoms with Crippen LogP contribution in [0.1, 0.15) is 22.6 Å². The van der Waals surface area contributed by atoms with Gasteiger partial charge in [-0.2, -0.15) is 5.10 Å². The molecule has 1 saturated heterocycles. The Kier molecular flexibility index (Phi) is 3.40. The van der Waals surface area contributed by atoms with Gasteiger partial charge in [-0.3, -0.25) is 0 Å². The third-order valence-electron chi connectivity index (χ3n) is 3.59. The summed E-state index contributed by atoms with van der Waals surface area (Å²) in [7, 11) is -1.57. The van der Waals surface area contributed by atoms with Gasteiger partial charge in [0, 0.05) is 12.6 Å². The zero-order chi connectivity index (χ0) is 15.0. The van der Waals surface area contributed by atoms with Crippen LogP contribution in [0.2, 0.25) is 0 Å². The smallest absolute Gasteiger partial charge is 0.339 e. The fourth-order valence-corrected chi connectivity index (χ4v) is 4.41. The molecule has 2 aromatic heterocycles. The summed E-state index contributed by atoms with van der Waals surface area (Å²) in [6.45, 7) is 0. The molecule has 0 amide bonds. The summed E-state index contributed by atoms with van der Waals surface area (Å²) >= 11 is 0. The standard InChI is InChI=1S/C13H15N3O4S/c1-20-13(17)10-2-3-12-14-11(15-16(12)7-10)6-9-4-5-21(18,19)8-9/h2-3,7,9H,4-6,8H2,1H3. The highest BCUT2D eigenvalue weighted by Gasteiger charge is 2.28. The van der Waals surface area contributed by atoms with Crippen LogP contribution in [0.25, 0.3) is 5.65 Å². The lowest BCUT2D eigenvalue weighted by Crippen LogP contribution is -2.08. The van der Waals surface area contributed by atoms with Gasteiger partial charge >= 0.3 is 5.97 Å². The average Bonchev–Trinajstić information content (AvgIpc) is 2.99. The van der Waals surface area contributed by atoms with E-state index in [0.717, 1.165) is 0 Å². The van der Waals surface area contributed by atoms with E-state index in [2.05, 4.69) is 14.8 Å². The molecule has 0 aromatic carbocycles. The minimum atomic E-state index is -2.89. The number of carbonyl (C=O) groups is 1. The number of hydrogen-bond donors (Lipinski definition) is 0. The molecule has 1 atom stereocenters. The number of carbonyl (C=O) groups excluding carboxylic acids is 1. The number of esters is 1. The van der Waals surface area contributed by atoms with Crippen LogP contribution in [0.15, 0.2) is 18.3 Å². The predicted octanol–water partition coefficient (Wildman–Crippen LogP) is 0.493. The molecule has 2 aromatic rings. The first-order chi connectivity index (χ1) is 9.97. The molecular formula is C13H15N3O4S. The summed E-state index contributed by atoms with van der Waals surface area (Å²) in [6.07, 6.45) is 2.75. The molecule has 3 heterocycles. The minimum Gasteiger partial charge on any atom is -0.465 e. The number of hydrogen-bond acceptors (Lipinski definition) is 6. The van der Waals surface area contributed by atoms with Gasteiger partial charge in [-0.05, 0) is 24.5 Å². The Labute approximate surface area is 121 Å². The molecule has 0 aliphatic carbocycles. The van der Waals surface area contributed by atoms with Gasteiger partial charge in [-0.15, -0.1) is 0 Å². The second-order valence-corrected chi connectivity index (χ2v) is 7.44. The minimum absolute atomic E-state index is 0.0764. The molecule has 1 unspecified atom stereocenters. The van der Waals surface area contributed by atoms with E-state index in [4.69, 9.17) is 0 Å². The number of methoxy groups -OCH3 is 1. The van der Waals surface area contributed by atoms with E-state index in [1.807, 2.05) is 0 Å². The van der Waals surface area contributed by atoms with E-state index >= 15 is 0 Å². The zero-order valence-electron chi connectivity index (χ0n) is 11.5. The summed E-state index contributed by atoms with van der Waals surface area (Å²) in [5.74, 6) is 0.690. The van der Waals surface area contributed by atoms with Crippen molar-refractivity contribution < 1.29 is 17.9 Å². The van der Waals surface area contributed by atoms with Crippen LogP contribution in [0, 0.1) is 5.92 Å². The third kappa shape index (κ3) is 2.90. The molecule has 21 heavy (non-hydrogen) atoms. The van der Waals surface area contributed by atoms with Crippen LogP contribution in [0.4, 0.5) is 0 Å². The molecule has 0 N–H and O–H groups in total. The van der Waals surface area contributed by atoms with Crippen LogP contribution < -0.4 is 0 Å². The van der Waals surface area contributed by atoms with E-state index < -0.39 is 15.8 Å². The molecule has 1 aliphatic heterocycles. The van der Waals surface area contributed by atoms with Crippen molar-refractivity contribution in [1.29, 1.82) is 0 Å². The van der Waals surface area contributed by atoms with Crippen molar-refractivity contribution in [3.8, 4) is 0 Å². The van der Waals surface area contributed by atoms with Crippen LogP contribution in [-0.2, 0) is 21.0 Å². The Morgan fingerprint density at radius 3 is 2.95 bits per heavy atom. The van der Waals surface area contributed by atoms with Crippen LogP contribution >= 0.6 is 0 Å². The fraction of sp³-hybridized carbons (Fsp3) is 0.462. The monoisotopic (exact) mass is 309 g/mol. The van der Waals surface area contributed by atoms with E-state index in [9.17, 15) is 13.2 Å². The lowest BCUT2D eigenvalue weighted by atomic mass is 10.1. The number of aromatic nitrogens is 3. The zero-order valence-corrected chi connectivity index (χ0v) is 12.3. The van der Waals surface area contributed by atoms with Gasteiger partial charge in [-0.25, -0.2) is 22.7 Å². The molecule has 8 heteroatoms. The van der Waals surface area contributed by atoms with E-state index in [1.54, 1.807) is 18.3 Å². The lowest BCUT2D eigenvalue weighted by Gasteiger charge is -2.02. The van der Waals surface area contributed by atoms with Crippen molar-refractivity contribution in [2.24, 2.45) is 5.92 Å². The summed E-state index contributed by atoms with van der Waals surface area (Å²) in [5.41, 5.74) is 1.02. The summed E-state index contributed by atoms with van der Waals surface area (Å²) in [4.78, 5) is 15.8. The second-order valence-electron chi connectivity index (χ2n) is 5.21. The molecule has 0 bridgehead atoms.